The summed E-state index contributed by atoms with van der Waals surface area (Å²) in [6.45, 7) is 2.70. The molecule has 0 saturated carbocycles. The van der Waals surface area contributed by atoms with Gasteiger partial charge in [0.05, 0.1) is 0 Å². The Hall–Kier alpha value is -1.91. The van der Waals surface area contributed by atoms with E-state index in [1.165, 1.54) is 20.0 Å². The monoisotopic (exact) mass is 208 g/mol. The van der Waals surface area contributed by atoms with Crippen LogP contribution in [0, 0.1) is 0 Å². The Kier molecular flexibility index (Phi) is 3.04. The minimum atomic E-state index is -1.43. The number of nitrogens with zero attached hydrogens (tertiary/aromatic N) is 1. The summed E-state index contributed by atoms with van der Waals surface area (Å²) in [6.07, 6.45) is 2.96. The first-order valence-corrected chi connectivity index (χ1v) is 4.39. The Bertz CT molecular complexity index is 378. The van der Waals surface area contributed by atoms with Gasteiger partial charge in [-0.3, -0.25) is 9.78 Å². The zero-order chi connectivity index (χ0) is 11.5. The van der Waals surface area contributed by atoms with Gasteiger partial charge in [0.1, 0.15) is 0 Å². The summed E-state index contributed by atoms with van der Waals surface area (Å²) in [5, 5.41) is 11.5. The number of hydrogen-bond donors (Lipinski definition) is 2. The molecule has 5 nitrogen and oxygen atoms in total. The Labute approximate surface area is 87.1 Å². The molecule has 80 valence electrons. The van der Waals surface area contributed by atoms with Crippen LogP contribution in [-0.4, -0.2) is 22.0 Å². The number of carbonyl (C=O) groups is 2. The highest BCUT2D eigenvalue weighted by molar-refractivity contribution is 5.86. The van der Waals surface area contributed by atoms with Gasteiger partial charge >= 0.3 is 5.97 Å². The van der Waals surface area contributed by atoms with Crippen LogP contribution in [0.15, 0.2) is 24.5 Å². The third-order valence-electron chi connectivity index (χ3n) is 2.09. The van der Waals surface area contributed by atoms with Crippen LogP contribution < -0.4 is 5.32 Å². The van der Waals surface area contributed by atoms with Gasteiger partial charge in [-0.05, 0) is 13.0 Å². The van der Waals surface area contributed by atoms with Crippen molar-refractivity contribution in [1.82, 2.24) is 10.3 Å². The molecule has 0 aliphatic rings. The highest BCUT2D eigenvalue weighted by Gasteiger charge is 2.36. The summed E-state index contributed by atoms with van der Waals surface area (Å²) in [6, 6.07) is 3.23. The fourth-order valence-corrected chi connectivity index (χ4v) is 1.26. The summed E-state index contributed by atoms with van der Waals surface area (Å²) >= 11 is 0. The van der Waals surface area contributed by atoms with Crippen LogP contribution in [0.4, 0.5) is 0 Å². The standard InChI is InChI=1S/C10H12N2O3/c1-7(13)12-10(2,9(14)15)8-4-3-5-11-6-8/h3-6H,1-2H3,(H,12,13)(H,14,15). The van der Waals surface area contributed by atoms with Gasteiger partial charge in [-0.15, -0.1) is 0 Å². The number of pyridine rings is 1. The summed E-state index contributed by atoms with van der Waals surface area (Å²) in [4.78, 5) is 25.9. The lowest BCUT2D eigenvalue weighted by Gasteiger charge is -2.25. The van der Waals surface area contributed by atoms with E-state index < -0.39 is 17.4 Å². The van der Waals surface area contributed by atoms with E-state index in [1.807, 2.05) is 0 Å². The molecule has 1 unspecified atom stereocenters. The van der Waals surface area contributed by atoms with Crippen LogP contribution in [0.5, 0.6) is 0 Å². The molecule has 1 amide bonds. The van der Waals surface area contributed by atoms with Crippen molar-refractivity contribution in [2.45, 2.75) is 19.4 Å². The van der Waals surface area contributed by atoms with Gasteiger partial charge in [-0.1, -0.05) is 6.07 Å². The van der Waals surface area contributed by atoms with E-state index in [4.69, 9.17) is 5.11 Å². The summed E-state index contributed by atoms with van der Waals surface area (Å²) in [5.41, 5.74) is -0.993. The van der Waals surface area contributed by atoms with Crippen molar-refractivity contribution in [3.63, 3.8) is 0 Å². The molecule has 0 fully saturated rings. The van der Waals surface area contributed by atoms with Gasteiger partial charge in [0.25, 0.3) is 0 Å². The van der Waals surface area contributed by atoms with Gasteiger partial charge < -0.3 is 10.4 Å². The molecule has 5 heteroatoms. The van der Waals surface area contributed by atoms with Crippen molar-refractivity contribution < 1.29 is 14.7 Å². The molecule has 0 aliphatic heterocycles. The van der Waals surface area contributed by atoms with E-state index in [-0.39, 0.29) is 0 Å². The number of hydrogen-bond acceptors (Lipinski definition) is 3. The van der Waals surface area contributed by atoms with Gasteiger partial charge in [0.2, 0.25) is 5.91 Å². The van der Waals surface area contributed by atoms with Crippen molar-refractivity contribution in [3.8, 4) is 0 Å². The fraction of sp³-hybridized carbons (Fsp3) is 0.300. The third-order valence-corrected chi connectivity index (χ3v) is 2.09. The van der Waals surface area contributed by atoms with Crippen LogP contribution in [-0.2, 0) is 15.1 Å². The molecule has 15 heavy (non-hydrogen) atoms. The summed E-state index contributed by atoms with van der Waals surface area (Å²) in [5.74, 6) is -1.52. The van der Waals surface area contributed by atoms with E-state index in [2.05, 4.69) is 10.3 Å². The maximum absolute atomic E-state index is 11.1. The lowest BCUT2D eigenvalue weighted by molar-refractivity contribution is -0.147. The first-order chi connectivity index (χ1) is 6.97. The molecule has 1 rings (SSSR count). The number of nitrogens with one attached hydrogen (secondary N) is 1. The lowest BCUT2D eigenvalue weighted by Crippen LogP contribution is -2.48. The fourth-order valence-electron chi connectivity index (χ4n) is 1.26. The first-order valence-electron chi connectivity index (χ1n) is 4.39. The number of aromatic nitrogens is 1. The van der Waals surface area contributed by atoms with Gasteiger partial charge in [0, 0.05) is 24.9 Å². The van der Waals surface area contributed by atoms with Crippen molar-refractivity contribution in [2.24, 2.45) is 0 Å². The highest BCUT2D eigenvalue weighted by atomic mass is 16.4. The first kappa shape index (κ1) is 11.2. The number of carbonyl (C=O) groups excluding carboxylic acids is 1. The molecule has 0 aromatic carbocycles. The second-order valence-electron chi connectivity index (χ2n) is 3.35. The van der Waals surface area contributed by atoms with E-state index in [1.54, 1.807) is 18.3 Å². The molecule has 0 aliphatic carbocycles. The predicted molar refractivity (Wildman–Crippen MR) is 53.0 cm³/mol. The van der Waals surface area contributed by atoms with Gasteiger partial charge in [-0.2, -0.15) is 0 Å². The second kappa shape index (κ2) is 4.08. The molecule has 0 saturated heterocycles. The number of carboxylic acids is 1. The van der Waals surface area contributed by atoms with Crippen LogP contribution >= 0.6 is 0 Å². The topological polar surface area (TPSA) is 79.3 Å². The summed E-state index contributed by atoms with van der Waals surface area (Å²) in [7, 11) is 0. The maximum Gasteiger partial charge on any atom is 0.333 e. The van der Waals surface area contributed by atoms with Crippen LogP contribution in [0.25, 0.3) is 0 Å². The second-order valence-corrected chi connectivity index (χ2v) is 3.35. The molecule has 1 aromatic heterocycles. The minimum absolute atomic E-state index is 0.399. The minimum Gasteiger partial charge on any atom is -0.479 e. The average Bonchev–Trinajstić information content (AvgIpc) is 2.17. The van der Waals surface area contributed by atoms with E-state index in [0.717, 1.165) is 0 Å². The maximum atomic E-state index is 11.1. The molecule has 0 bridgehead atoms. The zero-order valence-electron chi connectivity index (χ0n) is 8.52. The molecule has 0 radical (unpaired) electrons. The Morgan fingerprint density at radius 1 is 1.53 bits per heavy atom. The van der Waals surface area contributed by atoms with Crippen LogP contribution in [0.1, 0.15) is 19.4 Å². The van der Waals surface area contributed by atoms with Crippen molar-refractivity contribution >= 4 is 11.9 Å². The van der Waals surface area contributed by atoms with Gasteiger partial charge in [-0.25, -0.2) is 4.79 Å². The highest BCUT2D eigenvalue weighted by Crippen LogP contribution is 2.19. The molecule has 1 atom stereocenters. The number of amides is 1. The van der Waals surface area contributed by atoms with Crippen molar-refractivity contribution in [3.05, 3.63) is 30.1 Å². The van der Waals surface area contributed by atoms with Crippen LogP contribution in [0.2, 0.25) is 0 Å². The van der Waals surface area contributed by atoms with E-state index in [9.17, 15) is 9.59 Å². The molecule has 2 N–H and O–H groups in total. The predicted octanol–water partition coefficient (Wildman–Crippen LogP) is 0.517. The van der Waals surface area contributed by atoms with Crippen molar-refractivity contribution in [2.75, 3.05) is 0 Å². The zero-order valence-corrected chi connectivity index (χ0v) is 8.52. The van der Waals surface area contributed by atoms with E-state index in [0.29, 0.717) is 5.56 Å². The SMILES string of the molecule is CC(=O)NC(C)(C(=O)O)c1cccnc1. The lowest BCUT2D eigenvalue weighted by atomic mass is 9.93. The molecular weight excluding hydrogens is 196 g/mol. The molecule has 1 heterocycles. The average molecular weight is 208 g/mol. The quantitative estimate of drug-likeness (QED) is 0.758. The number of rotatable bonds is 3. The van der Waals surface area contributed by atoms with Crippen LogP contribution in [0.3, 0.4) is 0 Å². The normalized spacial score (nSPS) is 14.0. The Balaban J connectivity index is 3.13. The van der Waals surface area contributed by atoms with E-state index >= 15 is 0 Å². The molecule has 1 aromatic rings. The largest absolute Gasteiger partial charge is 0.479 e. The third kappa shape index (κ3) is 2.31. The Morgan fingerprint density at radius 3 is 2.60 bits per heavy atom. The van der Waals surface area contributed by atoms with Crippen molar-refractivity contribution in [1.29, 1.82) is 0 Å². The summed E-state index contributed by atoms with van der Waals surface area (Å²) < 4.78 is 0. The van der Waals surface area contributed by atoms with Gasteiger partial charge in [0.15, 0.2) is 5.54 Å². The molecule has 0 spiro atoms. The number of aliphatic carboxylic acids is 1. The number of carboxylic acid groups (broad SMARTS) is 1. The Morgan fingerprint density at radius 2 is 2.20 bits per heavy atom. The smallest absolute Gasteiger partial charge is 0.333 e. The molecular formula is C10H12N2O3.